The number of hydrogen-bond donors (Lipinski definition) is 0. The first kappa shape index (κ1) is 28.9. The first-order chi connectivity index (χ1) is 12.1. The van der Waals surface area contributed by atoms with Crippen LogP contribution in [0.4, 0.5) is 0 Å². The van der Waals surface area contributed by atoms with Crippen LogP contribution in [0.3, 0.4) is 0 Å². The second kappa shape index (κ2) is 20.5. The first-order valence-electron chi connectivity index (χ1n) is 11.9. The summed E-state index contributed by atoms with van der Waals surface area (Å²) in [6, 6.07) is 0. The van der Waals surface area contributed by atoms with E-state index in [4.69, 9.17) is 0 Å². The third-order valence-electron chi connectivity index (χ3n) is 6.21. The van der Waals surface area contributed by atoms with Crippen LogP contribution in [0.2, 0.25) is 0 Å². The van der Waals surface area contributed by atoms with Gasteiger partial charge in [-0.25, -0.2) is 0 Å². The molecule has 0 saturated carbocycles. The number of unbranched alkanes of at least 4 members (excludes halogenated alkanes) is 12. The molecule has 0 aromatic carbocycles. The molecule has 0 aliphatic carbocycles. The van der Waals surface area contributed by atoms with E-state index in [0.29, 0.717) is 5.16 Å². The second-order valence-corrected chi connectivity index (χ2v) is 9.82. The molecular weight excluding hydrogens is 355 g/mol. The van der Waals surface area contributed by atoms with Crippen molar-refractivity contribution in [3.8, 4) is 0 Å². The summed E-state index contributed by atoms with van der Waals surface area (Å²) in [5.41, 5.74) is 0. The fourth-order valence-corrected chi connectivity index (χ4v) is 4.65. The fraction of sp³-hybridized carbons (Fsp3) is 1.00. The molecule has 160 valence electrons. The molecule has 0 saturated heterocycles. The lowest BCUT2D eigenvalue weighted by molar-refractivity contribution is 0.311. The van der Waals surface area contributed by atoms with Crippen LogP contribution in [0, 0.1) is 5.92 Å². The van der Waals surface area contributed by atoms with Crippen LogP contribution in [0.5, 0.6) is 0 Å². The lowest BCUT2D eigenvalue weighted by Gasteiger charge is -2.36. The van der Waals surface area contributed by atoms with E-state index in [2.05, 4.69) is 36.9 Å². The summed E-state index contributed by atoms with van der Waals surface area (Å²) < 4.78 is 0. The topological polar surface area (TPSA) is 0 Å². The van der Waals surface area contributed by atoms with Crippen LogP contribution in [-0.4, -0.2) is 5.16 Å². The van der Waals surface area contributed by atoms with E-state index < -0.39 is 0 Å². The van der Waals surface area contributed by atoms with Gasteiger partial charge in [-0.15, -0.1) is 21.6 Å². The minimum absolute atomic E-state index is 0. The van der Waals surface area contributed by atoms with Gasteiger partial charge < -0.3 is 0 Å². The lowest BCUT2D eigenvalue weighted by atomic mass is 9.80. The van der Waals surface area contributed by atoms with Crippen LogP contribution in [0.25, 0.3) is 0 Å². The maximum Gasteiger partial charge on any atom is -0.0125 e. The Bertz CT molecular complexity index is 253. The Labute approximate surface area is 176 Å². The fourth-order valence-electron chi connectivity index (χ4n) is 4.07. The SMILES string of the molecule is CCCCCCCC(C)C(P)(CCCCCCC)CCCCCCC.Cl. The van der Waals surface area contributed by atoms with E-state index in [1.54, 1.807) is 0 Å². The molecule has 0 radical (unpaired) electrons. The van der Waals surface area contributed by atoms with Gasteiger partial charge in [0.1, 0.15) is 0 Å². The highest BCUT2D eigenvalue weighted by atomic mass is 35.5. The molecule has 0 heterocycles. The minimum atomic E-state index is 0. The van der Waals surface area contributed by atoms with Crippen molar-refractivity contribution in [1.29, 1.82) is 0 Å². The molecule has 0 fully saturated rings. The largest absolute Gasteiger partial charge is 0.147 e. The first-order valence-corrected chi connectivity index (χ1v) is 12.5. The third kappa shape index (κ3) is 15.7. The van der Waals surface area contributed by atoms with E-state index >= 15 is 0 Å². The number of hydrogen-bond acceptors (Lipinski definition) is 0. The molecule has 0 N–H and O–H groups in total. The summed E-state index contributed by atoms with van der Waals surface area (Å²) >= 11 is 0. The van der Waals surface area contributed by atoms with Crippen molar-refractivity contribution < 1.29 is 0 Å². The highest BCUT2D eigenvalue weighted by molar-refractivity contribution is 7.19. The summed E-state index contributed by atoms with van der Waals surface area (Å²) in [7, 11) is 3.36. The van der Waals surface area contributed by atoms with E-state index in [0.717, 1.165) is 5.92 Å². The van der Waals surface area contributed by atoms with Crippen molar-refractivity contribution in [3.05, 3.63) is 0 Å². The maximum absolute atomic E-state index is 3.36. The Hall–Kier alpha value is 0.720. The van der Waals surface area contributed by atoms with Crippen molar-refractivity contribution in [2.45, 2.75) is 148 Å². The van der Waals surface area contributed by atoms with E-state index in [1.807, 2.05) is 0 Å². The zero-order chi connectivity index (χ0) is 18.8. The van der Waals surface area contributed by atoms with E-state index in [1.165, 1.54) is 116 Å². The highest BCUT2D eigenvalue weighted by Crippen LogP contribution is 2.41. The van der Waals surface area contributed by atoms with E-state index in [9.17, 15) is 0 Å². The summed E-state index contributed by atoms with van der Waals surface area (Å²) in [6.45, 7) is 9.49. The van der Waals surface area contributed by atoms with Gasteiger partial charge in [0, 0.05) is 0 Å². The Morgan fingerprint density at radius 3 is 1.31 bits per heavy atom. The molecular formula is C24H52ClP. The summed E-state index contributed by atoms with van der Waals surface area (Å²) in [5.74, 6) is 0.872. The van der Waals surface area contributed by atoms with Crippen LogP contribution < -0.4 is 0 Å². The average Bonchev–Trinajstić information content (AvgIpc) is 2.61. The quantitative estimate of drug-likeness (QED) is 0.148. The van der Waals surface area contributed by atoms with Gasteiger partial charge in [0.25, 0.3) is 0 Å². The minimum Gasteiger partial charge on any atom is -0.147 e. The predicted octanol–water partition coefficient (Wildman–Crippen LogP) is 9.74. The predicted molar refractivity (Wildman–Crippen MR) is 129 cm³/mol. The molecule has 2 unspecified atom stereocenters. The maximum atomic E-state index is 3.36. The number of halogens is 1. The summed E-state index contributed by atoms with van der Waals surface area (Å²) in [6.07, 6.45) is 25.7. The van der Waals surface area contributed by atoms with Gasteiger partial charge in [-0.05, 0) is 30.3 Å². The third-order valence-corrected chi connectivity index (χ3v) is 7.36. The molecule has 0 nitrogen and oxygen atoms in total. The Balaban J connectivity index is 0. The van der Waals surface area contributed by atoms with Gasteiger partial charge in [-0.2, -0.15) is 0 Å². The van der Waals surface area contributed by atoms with Gasteiger partial charge in [0.05, 0.1) is 0 Å². The van der Waals surface area contributed by atoms with Crippen LogP contribution in [-0.2, 0) is 0 Å². The smallest absolute Gasteiger partial charge is 0.0125 e. The van der Waals surface area contributed by atoms with Crippen molar-refractivity contribution in [2.24, 2.45) is 5.92 Å². The highest BCUT2D eigenvalue weighted by Gasteiger charge is 2.29. The zero-order valence-corrected chi connectivity index (χ0v) is 20.8. The summed E-state index contributed by atoms with van der Waals surface area (Å²) in [4.78, 5) is 0. The van der Waals surface area contributed by atoms with Crippen molar-refractivity contribution >= 4 is 21.6 Å². The Kier molecular flexibility index (Phi) is 22.8. The Morgan fingerprint density at radius 1 is 0.577 bits per heavy atom. The molecule has 0 amide bonds. The van der Waals surface area contributed by atoms with Crippen molar-refractivity contribution in [3.63, 3.8) is 0 Å². The van der Waals surface area contributed by atoms with Crippen molar-refractivity contribution in [1.82, 2.24) is 0 Å². The van der Waals surface area contributed by atoms with Gasteiger partial charge >= 0.3 is 0 Å². The second-order valence-electron chi connectivity index (χ2n) is 8.67. The molecule has 0 aromatic heterocycles. The molecule has 0 bridgehead atoms. The molecule has 0 rings (SSSR count). The molecule has 2 heteroatoms. The van der Waals surface area contributed by atoms with Gasteiger partial charge in [-0.3, -0.25) is 0 Å². The molecule has 0 aromatic rings. The number of rotatable bonds is 19. The van der Waals surface area contributed by atoms with Gasteiger partial charge in [-0.1, -0.05) is 124 Å². The van der Waals surface area contributed by atoms with Crippen LogP contribution in [0.15, 0.2) is 0 Å². The lowest BCUT2D eigenvalue weighted by Crippen LogP contribution is -2.29. The molecule has 26 heavy (non-hydrogen) atoms. The Morgan fingerprint density at radius 2 is 0.923 bits per heavy atom. The van der Waals surface area contributed by atoms with Crippen LogP contribution >= 0.6 is 21.6 Å². The molecule has 0 spiro atoms. The van der Waals surface area contributed by atoms with Crippen LogP contribution in [0.1, 0.15) is 143 Å². The standard InChI is InChI=1S/C24H51P.ClH/c1-5-8-11-14-17-20-23(4)24(25,21-18-15-12-9-6-2)22-19-16-13-10-7-3;/h23H,5-22,25H2,1-4H3;1H. The normalized spacial score (nSPS) is 12.8. The molecule has 0 aliphatic rings. The average molecular weight is 407 g/mol. The summed E-state index contributed by atoms with van der Waals surface area (Å²) in [5, 5.41) is 0.517. The molecule has 2 atom stereocenters. The van der Waals surface area contributed by atoms with Gasteiger partial charge in [0.15, 0.2) is 0 Å². The zero-order valence-electron chi connectivity index (χ0n) is 18.8. The molecule has 0 aliphatic heterocycles. The van der Waals surface area contributed by atoms with Gasteiger partial charge in [0.2, 0.25) is 0 Å². The van der Waals surface area contributed by atoms with E-state index in [-0.39, 0.29) is 12.4 Å². The monoisotopic (exact) mass is 406 g/mol. The van der Waals surface area contributed by atoms with Crippen molar-refractivity contribution in [2.75, 3.05) is 0 Å².